The van der Waals surface area contributed by atoms with E-state index in [4.69, 9.17) is 0 Å². The molecule has 0 fully saturated rings. The quantitative estimate of drug-likeness (QED) is 0.670. The van der Waals surface area contributed by atoms with Gasteiger partial charge in [-0.15, -0.1) is 0 Å². The number of hydrogen-bond donors (Lipinski definition) is 0. The van der Waals surface area contributed by atoms with Crippen LogP contribution in [0.2, 0.25) is 0 Å². The van der Waals surface area contributed by atoms with Gasteiger partial charge in [0.1, 0.15) is 0 Å². The highest BCUT2D eigenvalue weighted by Crippen LogP contribution is 2.21. The highest BCUT2D eigenvalue weighted by atomic mass is 19.4. The van der Waals surface area contributed by atoms with Crippen molar-refractivity contribution in [3.63, 3.8) is 0 Å². The maximum Gasteiger partial charge on any atom is 0.389 e. The molecule has 0 amide bonds. The van der Waals surface area contributed by atoms with Gasteiger partial charge in [0, 0.05) is 24.4 Å². The molecule has 0 spiro atoms. The van der Waals surface area contributed by atoms with Crippen molar-refractivity contribution in [1.82, 2.24) is 4.98 Å². The van der Waals surface area contributed by atoms with Gasteiger partial charge < -0.3 is 0 Å². The average molecular weight is 174 g/mol. The van der Waals surface area contributed by atoms with Crippen molar-refractivity contribution in [2.45, 2.75) is 19.0 Å². The number of alkyl halides is 3. The van der Waals surface area contributed by atoms with E-state index in [1.807, 2.05) is 0 Å². The van der Waals surface area contributed by atoms with Crippen LogP contribution in [0.1, 0.15) is 12.1 Å². The fraction of sp³-hybridized carbons (Fsp3) is 0.375. The highest BCUT2D eigenvalue weighted by Gasteiger charge is 2.26. The van der Waals surface area contributed by atoms with Crippen molar-refractivity contribution in [3.8, 4) is 0 Å². The molecule has 1 aromatic rings. The molecule has 0 aliphatic carbocycles. The third-order valence-electron chi connectivity index (χ3n) is 1.34. The van der Waals surface area contributed by atoms with E-state index in [0.29, 0.717) is 5.69 Å². The van der Waals surface area contributed by atoms with Gasteiger partial charge in [0.15, 0.2) is 0 Å². The monoisotopic (exact) mass is 174 g/mol. The largest absolute Gasteiger partial charge is 0.389 e. The first-order chi connectivity index (χ1) is 5.58. The zero-order chi connectivity index (χ0) is 9.03. The molecule has 0 N–H and O–H groups in total. The number of rotatable bonds is 2. The summed E-state index contributed by atoms with van der Waals surface area (Å²) in [6, 6.07) is 5.73. The van der Waals surface area contributed by atoms with Gasteiger partial charge in [-0.3, -0.25) is 4.98 Å². The Balaban J connectivity index is 2.44. The first-order valence-corrected chi connectivity index (χ1v) is 3.46. The second-order valence-electron chi connectivity index (χ2n) is 2.36. The summed E-state index contributed by atoms with van der Waals surface area (Å²) in [5, 5.41) is 0. The van der Waals surface area contributed by atoms with E-state index in [-0.39, 0.29) is 6.42 Å². The summed E-state index contributed by atoms with van der Waals surface area (Å²) in [5.74, 6) is 0. The Morgan fingerprint density at radius 1 is 1.42 bits per heavy atom. The second kappa shape index (κ2) is 3.56. The third kappa shape index (κ3) is 3.37. The third-order valence-corrected chi connectivity index (χ3v) is 1.34. The minimum atomic E-state index is -4.10. The van der Waals surface area contributed by atoms with Crippen LogP contribution in [0.15, 0.2) is 18.3 Å². The summed E-state index contributed by atoms with van der Waals surface area (Å²) in [4.78, 5) is 3.73. The SMILES string of the molecule is FC(F)(F)CCc1cc[c]cn1. The lowest BCUT2D eigenvalue weighted by molar-refractivity contribution is -0.134. The van der Waals surface area contributed by atoms with E-state index in [1.54, 1.807) is 6.07 Å². The van der Waals surface area contributed by atoms with E-state index in [0.717, 1.165) is 0 Å². The number of pyridine rings is 1. The van der Waals surface area contributed by atoms with Crippen LogP contribution in [0.5, 0.6) is 0 Å². The van der Waals surface area contributed by atoms with Crippen LogP contribution in [-0.4, -0.2) is 11.2 Å². The van der Waals surface area contributed by atoms with E-state index in [2.05, 4.69) is 11.1 Å². The predicted octanol–water partition coefficient (Wildman–Crippen LogP) is 2.38. The van der Waals surface area contributed by atoms with Crippen LogP contribution in [0.25, 0.3) is 0 Å². The highest BCUT2D eigenvalue weighted by molar-refractivity contribution is 5.02. The van der Waals surface area contributed by atoms with Crippen molar-refractivity contribution < 1.29 is 13.2 Å². The van der Waals surface area contributed by atoms with Gasteiger partial charge in [-0.1, -0.05) is 6.07 Å². The molecule has 0 aromatic carbocycles. The molecule has 65 valence electrons. The molecule has 0 aliphatic heterocycles. The predicted molar refractivity (Wildman–Crippen MR) is 37.4 cm³/mol. The molecule has 1 heterocycles. The summed E-state index contributed by atoms with van der Waals surface area (Å²) in [6.45, 7) is 0. The number of halogens is 3. The minimum absolute atomic E-state index is 0.0574. The first-order valence-electron chi connectivity index (χ1n) is 3.46. The Bertz CT molecular complexity index is 230. The molecular formula is C8H7F3N. The Morgan fingerprint density at radius 2 is 2.17 bits per heavy atom. The number of nitrogens with zero attached hydrogens (tertiary/aromatic N) is 1. The van der Waals surface area contributed by atoms with Crippen molar-refractivity contribution in [2.24, 2.45) is 0 Å². The Hall–Kier alpha value is -1.06. The van der Waals surface area contributed by atoms with Gasteiger partial charge >= 0.3 is 6.18 Å². The lowest BCUT2D eigenvalue weighted by Crippen LogP contribution is -2.08. The maximum absolute atomic E-state index is 11.7. The molecule has 1 radical (unpaired) electrons. The Kier molecular flexibility index (Phi) is 2.68. The molecule has 0 saturated heterocycles. The number of aromatic nitrogens is 1. The minimum Gasteiger partial charge on any atom is -0.261 e. The van der Waals surface area contributed by atoms with Crippen LogP contribution >= 0.6 is 0 Å². The van der Waals surface area contributed by atoms with Gasteiger partial charge in [-0.2, -0.15) is 13.2 Å². The molecule has 4 heteroatoms. The molecule has 1 nitrogen and oxygen atoms in total. The van der Waals surface area contributed by atoms with Crippen LogP contribution in [0.4, 0.5) is 13.2 Å². The van der Waals surface area contributed by atoms with Crippen LogP contribution in [-0.2, 0) is 6.42 Å². The van der Waals surface area contributed by atoms with Gasteiger partial charge in [0.25, 0.3) is 0 Å². The smallest absolute Gasteiger partial charge is 0.261 e. The van der Waals surface area contributed by atoms with Crippen molar-refractivity contribution in [1.29, 1.82) is 0 Å². The summed E-state index contributed by atoms with van der Waals surface area (Å²) < 4.78 is 35.1. The van der Waals surface area contributed by atoms with Crippen LogP contribution in [0, 0.1) is 6.07 Å². The Labute approximate surface area is 68.2 Å². The van der Waals surface area contributed by atoms with Crippen molar-refractivity contribution in [2.75, 3.05) is 0 Å². The molecule has 0 bridgehead atoms. The summed E-state index contributed by atoms with van der Waals surface area (Å²) >= 11 is 0. The second-order valence-corrected chi connectivity index (χ2v) is 2.36. The van der Waals surface area contributed by atoms with E-state index in [9.17, 15) is 13.2 Å². The van der Waals surface area contributed by atoms with Gasteiger partial charge in [-0.05, 0) is 12.5 Å². The van der Waals surface area contributed by atoms with Gasteiger partial charge in [0.05, 0.1) is 0 Å². The molecular weight excluding hydrogens is 167 g/mol. The average Bonchev–Trinajstić information content (AvgIpc) is 2.02. The normalized spacial score (nSPS) is 11.6. The van der Waals surface area contributed by atoms with E-state index < -0.39 is 12.6 Å². The standard InChI is InChI=1S/C8H7F3N/c9-8(10,11)5-4-7-3-1-2-6-12-7/h1,3,6H,4-5H2. The summed E-state index contributed by atoms with van der Waals surface area (Å²) in [7, 11) is 0. The van der Waals surface area contributed by atoms with Crippen molar-refractivity contribution in [3.05, 3.63) is 30.1 Å². The lowest BCUT2D eigenvalue weighted by atomic mass is 10.2. The zero-order valence-corrected chi connectivity index (χ0v) is 6.23. The number of aryl methyl sites for hydroxylation is 1. The fourth-order valence-electron chi connectivity index (χ4n) is 0.768. The zero-order valence-electron chi connectivity index (χ0n) is 6.23. The molecule has 1 aromatic heterocycles. The topological polar surface area (TPSA) is 12.9 Å². The van der Waals surface area contributed by atoms with E-state index in [1.165, 1.54) is 12.3 Å². The number of hydrogen-bond acceptors (Lipinski definition) is 1. The first kappa shape index (κ1) is 9.03. The van der Waals surface area contributed by atoms with Crippen LogP contribution < -0.4 is 0 Å². The van der Waals surface area contributed by atoms with E-state index >= 15 is 0 Å². The molecule has 0 atom stereocenters. The fourth-order valence-corrected chi connectivity index (χ4v) is 0.768. The summed E-state index contributed by atoms with van der Waals surface area (Å²) in [5.41, 5.74) is 0.450. The lowest BCUT2D eigenvalue weighted by Gasteiger charge is -2.04. The van der Waals surface area contributed by atoms with Crippen molar-refractivity contribution >= 4 is 0 Å². The molecule has 12 heavy (non-hydrogen) atoms. The molecule has 0 unspecified atom stereocenters. The molecule has 1 rings (SSSR count). The summed E-state index contributed by atoms with van der Waals surface area (Å²) in [6.07, 6.45) is -3.60. The maximum atomic E-state index is 11.7. The Morgan fingerprint density at radius 3 is 2.67 bits per heavy atom. The van der Waals surface area contributed by atoms with Gasteiger partial charge in [-0.25, -0.2) is 0 Å². The van der Waals surface area contributed by atoms with Crippen LogP contribution in [0.3, 0.4) is 0 Å². The molecule has 0 aliphatic rings. The van der Waals surface area contributed by atoms with Gasteiger partial charge in [0.2, 0.25) is 0 Å². The molecule has 0 saturated carbocycles.